The van der Waals surface area contributed by atoms with E-state index < -0.39 is 34.8 Å². The predicted molar refractivity (Wildman–Crippen MR) is 152 cm³/mol. The molecule has 11 nitrogen and oxygen atoms in total. The first-order valence-electron chi connectivity index (χ1n) is 12.8. The first kappa shape index (κ1) is 29.1. The fourth-order valence-corrected chi connectivity index (χ4v) is 5.27. The van der Waals surface area contributed by atoms with Gasteiger partial charge in [-0.25, -0.2) is 4.79 Å². The highest BCUT2D eigenvalue weighted by Gasteiger charge is 2.27. The number of ether oxygens (including phenoxy) is 2. The lowest BCUT2D eigenvalue weighted by atomic mass is 9.96. The van der Waals surface area contributed by atoms with Crippen LogP contribution in [0.2, 0.25) is 0 Å². The third-order valence-corrected chi connectivity index (χ3v) is 6.89. The maximum atomic E-state index is 13.2. The number of halogens is 1. The Kier molecular flexibility index (Phi) is 8.48. The summed E-state index contributed by atoms with van der Waals surface area (Å²) in [6.45, 7) is 5.44. The average molecular weight is 615 g/mol. The molecule has 4 rings (SSSR count). The number of hydrogen-bond donors (Lipinski definition) is 3. The van der Waals surface area contributed by atoms with E-state index in [2.05, 4.69) is 31.5 Å². The molecule has 0 aliphatic carbocycles. The van der Waals surface area contributed by atoms with Gasteiger partial charge in [0.1, 0.15) is 5.60 Å². The number of esters is 1. The lowest BCUT2D eigenvalue weighted by Crippen LogP contribution is -2.41. The third-order valence-electron chi connectivity index (χ3n) is 6.43. The van der Waals surface area contributed by atoms with E-state index in [1.165, 1.54) is 11.7 Å². The van der Waals surface area contributed by atoms with Gasteiger partial charge in [-0.05, 0) is 68.5 Å². The molecular weight excluding hydrogens is 584 g/mol. The fraction of sp³-hybridized carbons (Fsp3) is 0.393. The van der Waals surface area contributed by atoms with E-state index in [0.717, 1.165) is 10.0 Å². The molecule has 2 heterocycles. The number of carbonyl (C=O) groups is 3. The number of methoxy groups -OCH3 is 1. The second kappa shape index (κ2) is 11.7. The van der Waals surface area contributed by atoms with Gasteiger partial charge in [0.25, 0.3) is 0 Å². The van der Waals surface area contributed by atoms with Crippen molar-refractivity contribution in [3.63, 3.8) is 0 Å². The minimum absolute atomic E-state index is 0.0480. The molecule has 1 aromatic heterocycles. The Hall–Kier alpha value is -3.93. The number of aromatic amines is 1. The van der Waals surface area contributed by atoms with E-state index >= 15 is 0 Å². The molecule has 3 N–H and O–H groups in total. The quantitative estimate of drug-likeness (QED) is 0.271. The number of alkyl carbamates (subject to hydrolysis) is 1. The zero-order chi connectivity index (χ0) is 29.2. The molecule has 1 atom stereocenters. The summed E-state index contributed by atoms with van der Waals surface area (Å²) in [4.78, 5) is 65.2. The van der Waals surface area contributed by atoms with Gasteiger partial charge in [-0.3, -0.25) is 23.7 Å². The molecule has 2 aromatic carbocycles. The van der Waals surface area contributed by atoms with Crippen molar-refractivity contribution in [2.75, 3.05) is 12.4 Å². The van der Waals surface area contributed by atoms with E-state index in [9.17, 15) is 24.0 Å². The van der Waals surface area contributed by atoms with Gasteiger partial charge >= 0.3 is 23.2 Å². The van der Waals surface area contributed by atoms with Crippen LogP contribution in [0.5, 0.6) is 0 Å². The molecule has 12 heteroatoms. The SMILES string of the molecule is COC(=O)Cc1cc(CNC(=O)OC(C)(C)C)ccc1NC(=O)C[C@@H]1CCc2cc(Br)cc3[nH]c(=O)c(=O)n1c23. The summed E-state index contributed by atoms with van der Waals surface area (Å²) in [6, 6.07) is 8.18. The van der Waals surface area contributed by atoms with Gasteiger partial charge in [-0.2, -0.15) is 0 Å². The molecular formula is C28H31BrN4O7. The Labute approximate surface area is 238 Å². The van der Waals surface area contributed by atoms with Crippen molar-refractivity contribution in [3.8, 4) is 0 Å². The maximum absolute atomic E-state index is 13.2. The number of aromatic nitrogens is 2. The van der Waals surface area contributed by atoms with Crippen molar-refractivity contribution in [2.24, 2.45) is 0 Å². The Balaban J connectivity index is 1.55. The van der Waals surface area contributed by atoms with Crippen LogP contribution in [0.1, 0.15) is 56.3 Å². The predicted octanol–water partition coefficient (Wildman–Crippen LogP) is 3.71. The number of hydrogen-bond acceptors (Lipinski definition) is 7. The maximum Gasteiger partial charge on any atom is 0.407 e. The lowest BCUT2D eigenvalue weighted by Gasteiger charge is -2.27. The number of benzene rings is 2. The molecule has 0 unspecified atom stereocenters. The monoisotopic (exact) mass is 614 g/mol. The number of nitrogens with one attached hydrogen (secondary N) is 3. The van der Waals surface area contributed by atoms with Gasteiger partial charge in [0.15, 0.2) is 0 Å². The molecule has 40 heavy (non-hydrogen) atoms. The van der Waals surface area contributed by atoms with Crippen molar-refractivity contribution in [1.82, 2.24) is 14.9 Å². The molecule has 0 spiro atoms. The summed E-state index contributed by atoms with van der Waals surface area (Å²) >= 11 is 3.44. The standard InChI is InChI=1S/C28H31BrN4O7/c1-28(2,3)40-27(38)30-14-15-5-8-20(17(9-15)11-23(35)39-4)31-22(34)13-19-7-6-16-10-18(29)12-21-24(16)33(19)26(37)25(36)32-21/h5,8-10,12,19H,6-7,11,13-14H2,1-4H3,(H,30,38)(H,31,34)(H,32,36)/t19-/m0/s1. The molecule has 0 fully saturated rings. The Bertz CT molecular complexity index is 1600. The van der Waals surface area contributed by atoms with Crippen LogP contribution in [0.15, 0.2) is 44.4 Å². The first-order chi connectivity index (χ1) is 18.8. The third kappa shape index (κ3) is 6.79. The van der Waals surface area contributed by atoms with Crippen LogP contribution in [0.4, 0.5) is 10.5 Å². The van der Waals surface area contributed by atoms with E-state index in [4.69, 9.17) is 9.47 Å². The van der Waals surface area contributed by atoms with Gasteiger partial charge in [-0.1, -0.05) is 28.1 Å². The van der Waals surface area contributed by atoms with E-state index in [1.54, 1.807) is 45.0 Å². The van der Waals surface area contributed by atoms with Crippen molar-refractivity contribution in [3.05, 3.63) is 72.2 Å². The highest BCUT2D eigenvalue weighted by atomic mass is 79.9. The van der Waals surface area contributed by atoms with Gasteiger partial charge in [0, 0.05) is 29.2 Å². The zero-order valence-electron chi connectivity index (χ0n) is 22.7. The molecule has 3 aromatic rings. The fourth-order valence-electron chi connectivity index (χ4n) is 4.76. The Morgan fingerprint density at radius 1 is 1.15 bits per heavy atom. The van der Waals surface area contributed by atoms with Crippen LogP contribution >= 0.6 is 15.9 Å². The highest BCUT2D eigenvalue weighted by molar-refractivity contribution is 9.10. The normalized spacial score (nSPS) is 14.5. The van der Waals surface area contributed by atoms with Crippen molar-refractivity contribution in [2.45, 2.75) is 64.6 Å². The van der Waals surface area contributed by atoms with Crippen molar-refractivity contribution < 1.29 is 23.9 Å². The van der Waals surface area contributed by atoms with Gasteiger partial charge in [0.2, 0.25) is 5.91 Å². The number of anilines is 1. The molecule has 0 saturated heterocycles. The molecule has 0 bridgehead atoms. The number of carbonyl (C=O) groups excluding carboxylic acids is 3. The minimum Gasteiger partial charge on any atom is -0.469 e. The molecule has 212 valence electrons. The van der Waals surface area contributed by atoms with Crippen molar-refractivity contribution >= 4 is 50.6 Å². The molecule has 2 amide bonds. The number of rotatable bonds is 7. The summed E-state index contributed by atoms with van der Waals surface area (Å²) in [7, 11) is 1.27. The van der Waals surface area contributed by atoms with Crippen LogP contribution < -0.4 is 21.8 Å². The second-order valence-electron chi connectivity index (χ2n) is 10.6. The summed E-state index contributed by atoms with van der Waals surface area (Å²) < 4.78 is 12.3. The van der Waals surface area contributed by atoms with Gasteiger partial charge < -0.3 is 25.1 Å². The van der Waals surface area contributed by atoms with Crippen LogP contribution in [0, 0.1) is 0 Å². The average Bonchev–Trinajstić information content (AvgIpc) is 2.86. The zero-order valence-corrected chi connectivity index (χ0v) is 24.3. The topological polar surface area (TPSA) is 149 Å². The van der Waals surface area contributed by atoms with Crippen molar-refractivity contribution in [1.29, 1.82) is 0 Å². The van der Waals surface area contributed by atoms with Crippen LogP contribution in [-0.2, 0) is 38.4 Å². The summed E-state index contributed by atoms with van der Waals surface area (Å²) in [5.74, 6) is -0.878. The van der Waals surface area contributed by atoms with E-state index in [-0.39, 0.29) is 25.3 Å². The van der Waals surface area contributed by atoms with Crippen LogP contribution in [0.25, 0.3) is 11.0 Å². The highest BCUT2D eigenvalue weighted by Crippen LogP contribution is 2.32. The van der Waals surface area contributed by atoms with Crippen LogP contribution in [-0.4, -0.2) is 40.2 Å². The number of H-pyrrole nitrogens is 1. The Morgan fingerprint density at radius 2 is 1.90 bits per heavy atom. The molecule has 0 radical (unpaired) electrons. The number of nitrogens with zero attached hydrogens (tertiary/aromatic N) is 1. The van der Waals surface area contributed by atoms with Gasteiger partial charge in [0.05, 0.1) is 24.6 Å². The van der Waals surface area contributed by atoms with E-state index in [0.29, 0.717) is 40.7 Å². The summed E-state index contributed by atoms with van der Waals surface area (Å²) in [6.07, 6.45) is 0.399. The van der Waals surface area contributed by atoms with E-state index in [1.807, 2.05) is 6.07 Å². The smallest absolute Gasteiger partial charge is 0.407 e. The second-order valence-corrected chi connectivity index (χ2v) is 11.6. The first-order valence-corrected chi connectivity index (χ1v) is 13.6. The number of amides is 2. The molecule has 0 saturated carbocycles. The lowest BCUT2D eigenvalue weighted by molar-refractivity contribution is -0.139. The minimum atomic E-state index is -0.750. The summed E-state index contributed by atoms with van der Waals surface area (Å²) in [5, 5.41) is 5.51. The Morgan fingerprint density at radius 3 is 2.60 bits per heavy atom. The molecule has 1 aliphatic rings. The largest absolute Gasteiger partial charge is 0.469 e. The summed E-state index contributed by atoms with van der Waals surface area (Å²) in [5.41, 5.74) is 1.54. The number of aryl methyl sites for hydroxylation is 1. The van der Waals surface area contributed by atoms with Crippen LogP contribution in [0.3, 0.4) is 0 Å². The molecule has 1 aliphatic heterocycles. The van der Waals surface area contributed by atoms with Gasteiger partial charge in [-0.15, -0.1) is 0 Å².